The summed E-state index contributed by atoms with van der Waals surface area (Å²) in [5, 5.41) is 3.84. The van der Waals surface area contributed by atoms with Crippen molar-refractivity contribution in [1.29, 1.82) is 0 Å². The molecule has 20 heavy (non-hydrogen) atoms. The number of hydrogen-bond donors (Lipinski definition) is 1. The van der Waals surface area contributed by atoms with Crippen molar-refractivity contribution in [3.05, 3.63) is 35.9 Å². The summed E-state index contributed by atoms with van der Waals surface area (Å²) < 4.78 is 0. The number of nitrogens with one attached hydrogen (secondary N) is 1. The molecule has 1 aromatic rings. The van der Waals surface area contributed by atoms with Gasteiger partial charge in [-0.15, -0.1) is 0 Å². The molecule has 110 valence electrons. The summed E-state index contributed by atoms with van der Waals surface area (Å²) >= 11 is 0. The van der Waals surface area contributed by atoms with Crippen molar-refractivity contribution in [3.63, 3.8) is 0 Å². The Bertz CT molecular complexity index is 426. The average molecular weight is 272 g/mol. The zero-order valence-electron chi connectivity index (χ0n) is 12.9. The predicted octanol–water partition coefficient (Wildman–Crippen LogP) is 3.08. The lowest BCUT2D eigenvalue weighted by Gasteiger charge is -2.36. The molecule has 2 fully saturated rings. The van der Waals surface area contributed by atoms with E-state index in [4.69, 9.17) is 0 Å². The number of benzene rings is 1. The maximum atomic E-state index is 3.84. The van der Waals surface area contributed by atoms with Gasteiger partial charge in [-0.2, -0.15) is 0 Å². The molecule has 2 heteroatoms. The molecule has 2 nitrogen and oxygen atoms in total. The Morgan fingerprint density at radius 3 is 2.65 bits per heavy atom. The summed E-state index contributed by atoms with van der Waals surface area (Å²) in [5.74, 6) is 0.909. The van der Waals surface area contributed by atoms with E-state index >= 15 is 0 Å². The molecule has 2 unspecified atom stereocenters. The third-order valence-corrected chi connectivity index (χ3v) is 5.25. The van der Waals surface area contributed by atoms with Crippen LogP contribution < -0.4 is 5.32 Å². The van der Waals surface area contributed by atoms with E-state index in [0.29, 0.717) is 11.6 Å². The van der Waals surface area contributed by atoms with Gasteiger partial charge in [-0.1, -0.05) is 30.3 Å². The molecule has 1 aliphatic heterocycles. The Morgan fingerprint density at radius 2 is 1.95 bits per heavy atom. The van der Waals surface area contributed by atoms with Crippen molar-refractivity contribution in [2.24, 2.45) is 5.92 Å². The van der Waals surface area contributed by atoms with Crippen LogP contribution in [0.3, 0.4) is 0 Å². The summed E-state index contributed by atoms with van der Waals surface area (Å²) in [6, 6.07) is 11.6. The maximum absolute atomic E-state index is 3.84. The highest BCUT2D eigenvalue weighted by Crippen LogP contribution is 2.41. The highest BCUT2D eigenvalue weighted by molar-refractivity contribution is 5.15. The van der Waals surface area contributed by atoms with E-state index in [2.05, 4.69) is 54.4 Å². The van der Waals surface area contributed by atoms with E-state index in [1.54, 1.807) is 0 Å². The van der Waals surface area contributed by atoms with Crippen LogP contribution in [0, 0.1) is 5.92 Å². The van der Waals surface area contributed by atoms with E-state index in [9.17, 15) is 0 Å². The van der Waals surface area contributed by atoms with E-state index in [-0.39, 0.29) is 0 Å². The van der Waals surface area contributed by atoms with E-state index in [1.165, 1.54) is 50.9 Å². The van der Waals surface area contributed by atoms with Crippen LogP contribution in [0.2, 0.25) is 0 Å². The molecule has 0 amide bonds. The number of hydrogen-bond acceptors (Lipinski definition) is 2. The Kier molecular flexibility index (Phi) is 4.13. The first kappa shape index (κ1) is 14.1. The zero-order valence-corrected chi connectivity index (χ0v) is 12.9. The fourth-order valence-electron chi connectivity index (χ4n) is 3.59. The Hall–Kier alpha value is -0.860. The molecule has 1 heterocycles. The van der Waals surface area contributed by atoms with Gasteiger partial charge in [0.15, 0.2) is 0 Å². The predicted molar refractivity (Wildman–Crippen MR) is 84.9 cm³/mol. The van der Waals surface area contributed by atoms with Crippen molar-refractivity contribution in [2.75, 3.05) is 19.6 Å². The Labute approximate surface area is 123 Å². The van der Waals surface area contributed by atoms with Gasteiger partial charge in [0, 0.05) is 24.7 Å². The molecule has 0 spiro atoms. The molecule has 1 aromatic carbocycles. The molecule has 1 saturated heterocycles. The van der Waals surface area contributed by atoms with Crippen LogP contribution >= 0.6 is 0 Å². The first-order valence-electron chi connectivity index (χ1n) is 8.20. The molecule has 1 saturated carbocycles. The van der Waals surface area contributed by atoms with Crippen LogP contribution in [0.25, 0.3) is 0 Å². The van der Waals surface area contributed by atoms with Crippen LogP contribution in [-0.4, -0.2) is 36.1 Å². The molecule has 0 bridgehead atoms. The topological polar surface area (TPSA) is 15.3 Å². The largest absolute Gasteiger partial charge is 0.310 e. The van der Waals surface area contributed by atoms with E-state index in [1.807, 2.05) is 0 Å². The van der Waals surface area contributed by atoms with Gasteiger partial charge in [0.05, 0.1) is 0 Å². The summed E-state index contributed by atoms with van der Waals surface area (Å²) in [6.07, 6.45) is 5.29. The maximum Gasteiger partial charge on any atom is 0.0308 e. The molecule has 2 aliphatic rings. The van der Waals surface area contributed by atoms with Crippen LogP contribution in [0.1, 0.15) is 38.7 Å². The highest BCUT2D eigenvalue weighted by atomic mass is 15.2. The van der Waals surface area contributed by atoms with Gasteiger partial charge >= 0.3 is 0 Å². The first-order valence-corrected chi connectivity index (χ1v) is 8.20. The smallest absolute Gasteiger partial charge is 0.0308 e. The van der Waals surface area contributed by atoms with Crippen molar-refractivity contribution < 1.29 is 0 Å². The van der Waals surface area contributed by atoms with Crippen LogP contribution in [-0.2, 0) is 6.42 Å². The molecular weight excluding hydrogens is 244 g/mol. The van der Waals surface area contributed by atoms with E-state index < -0.39 is 0 Å². The normalized spacial score (nSPS) is 32.0. The Morgan fingerprint density at radius 1 is 1.20 bits per heavy atom. The van der Waals surface area contributed by atoms with Crippen molar-refractivity contribution in [3.8, 4) is 0 Å². The lowest BCUT2D eigenvalue weighted by atomic mass is 9.95. The van der Waals surface area contributed by atoms with Crippen LogP contribution in [0.4, 0.5) is 0 Å². The minimum Gasteiger partial charge on any atom is -0.310 e. The van der Waals surface area contributed by atoms with Gasteiger partial charge in [0.2, 0.25) is 0 Å². The number of rotatable bonds is 4. The Balaban J connectivity index is 1.63. The summed E-state index contributed by atoms with van der Waals surface area (Å²) in [7, 11) is 0. The monoisotopic (exact) mass is 272 g/mol. The standard InChI is InChI=1S/C18H28N2/c1-15-10-12-19-18(2,17-8-9-17)14-20(15)13-11-16-6-4-3-5-7-16/h3-7,15,17,19H,8-14H2,1-2H3. The lowest BCUT2D eigenvalue weighted by Crippen LogP contribution is -2.52. The van der Waals surface area contributed by atoms with Gasteiger partial charge in [-0.3, -0.25) is 4.90 Å². The molecular formula is C18H28N2. The van der Waals surface area contributed by atoms with Crippen molar-refractivity contribution in [2.45, 2.75) is 51.1 Å². The second kappa shape index (κ2) is 5.87. The van der Waals surface area contributed by atoms with E-state index in [0.717, 1.165) is 5.92 Å². The molecule has 3 rings (SSSR count). The summed E-state index contributed by atoms with van der Waals surface area (Å²) in [4.78, 5) is 2.71. The highest BCUT2D eigenvalue weighted by Gasteiger charge is 2.43. The third-order valence-electron chi connectivity index (χ3n) is 5.25. The second-order valence-corrected chi connectivity index (χ2v) is 6.96. The second-order valence-electron chi connectivity index (χ2n) is 6.96. The number of nitrogens with zero attached hydrogens (tertiary/aromatic N) is 1. The summed E-state index contributed by atoms with van der Waals surface area (Å²) in [6.45, 7) is 8.42. The molecule has 2 atom stereocenters. The fraction of sp³-hybridized carbons (Fsp3) is 0.667. The zero-order chi connectivity index (χ0) is 14.0. The lowest BCUT2D eigenvalue weighted by molar-refractivity contribution is 0.164. The third kappa shape index (κ3) is 3.24. The van der Waals surface area contributed by atoms with Crippen LogP contribution in [0.5, 0.6) is 0 Å². The average Bonchev–Trinajstić information content (AvgIpc) is 3.28. The minimum absolute atomic E-state index is 0.349. The van der Waals surface area contributed by atoms with Gasteiger partial charge in [-0.05, 0) is 57.6 Å². The summed E-state index contributed by atoms with van der Waals surface area (Å²) in [5.41, 5.74) is 1.81. The first-order chi connectivity index (χ1) is 9.67. The molecule has 0 aromatic heterocycles. The molecule has 1 N–H and O–H groups in total. The minimum atomic E-state index is 0.349. The van der Waals surface area contributed by atoms with Gasteiger partial charge < -0.3 is 5.32 Å². The van der Waals surface area contributed by atoms with Crippen molar-refractivity contribution >= 4 is 0 Å². The van der Waals surface area contributed by atoms with Crippen LogP contribution in [0.15, 0.2) is 30.3 Å². The SMILES string of the molecule is CC1CCNC(C)(C2CC2)CN1CCc1ccccc1. The quantitative estimate of drug-likeness (QED) is 0.906. The van der Waals surface area contributed by atoms with Crippen molar-refractivity contribution in [1.82, 2.24) is 10.2 Å². The van der Waals surface area contributed by atoms with Gasteiger partial charge in [0.25, 0.3) is 0 Å². The molecule has 1 aliphatic carbocycles. The molecule has 0 radical (unpaired) electrons. The fourth-order valence-corrected chi connectivity index (χ4v) is 3.59. The van der Waals surface area contributed by atoms with Gasteiger partial charge in [0.1, 0.15) is 0 Å². The van der Waals surface area contributed by atoms with Gasteiger partial charge in [-0.25, -0.2) is 0 Å².